The number of aliphatic hydroxyl groups excluding tert-OH is 1. The van der Waals surface area contributed by atoms with E-state index in [0.29, 0.717) is 4.88 Å². The molecule has 5 nitrogen and oxygen atoms in total. The minimum Gasteiger partial charge on any atom is -0.387 e. The topological polar surface area (TPSA) is 75.1 Å². The van der Waals surface area contributed by atoms with Crippen LogP contribution in [0.5, 0.6) is 0 Å². The summed E-state index contributed by atoms with van der Waals surface area (Å²) in [6.45, 7) is 2.22. The first-order chi connectivity index (χ1) is 9.22. The van der Waals surface area contributed by atoms with Gasteiger partial charge in [-0.1, -0.05) is 17.8 Å². The number of nitrogens with zero attached hydrogens (tertiary/aromatic N) is 2. The van der Waals surface area contributed by atoms with Crippen LogP contribution >= 0.6 is 22.9 Å². The van der Waals surface area contributed by atoms with Crippen LogP contribution in [-0.2, 0) is 6.42 Å². The number of carbonyl (C=O) groups is 1. The molecule has 19 heavy (non-hydrogen) atoms. The first-order valence-corrected chi connectivity index (χ1v) is 7.73. The zero-order valence-corrected chi connectivity index (χ0v) is 12.1. The molecule has 2 N–H and O–H groups in total. The summed E-state index contributed by atoms with van der Waals surface area (Å²) >= 11 is 2.61. The lowest BCUT2D eigenvalue weighted by Crippen LogP contribution is -2.28. The molecule has 0 saturated heterocycles. The predicted octanol–water partition coefficient (Wildman–Crippen LogP) is 2.02. The predicted molar refractivity (Wildman–Crippen MR) is 75.5 cm³/mol. The molecule has 2 aromatic rings. The molecule has 2 rings (SSSR count). The minimum atomic E-state index is -0.675. The van der Waals surface area contributed by atoms with Gasteiger partial charge in [0.15, 0.2) is 0 Å². The summed E-state index contributed by atoms with van der Waals surface area (Å²) in [5, 5.41) is 20.3. The van der Waals surface area contributed by atoms with Crippen molar-refractivity contribution in [1.82, 2.24) is 14.9 Å². The highest BCUT2D eigenvalue weighted by molar-refractivity contribution is 7.08. The maximum atomic E-state index is 12.0. The highest BCUT2D eigenvalue weighted by Gasteiger charge is 2.17. The Labute approximate surface area is 119 Å². The molecule has 0 fully saturated rings. The molecule has 7 heteroatoms. The highest BCUT2D eigenvalue weighted by Crippen LogP contribution is 2.16. The van der Waals surface area contributed by atoms with Crippen molar-refractivity contribution in [2.45, 2.75) is 25.9 Å². The van der Waals surface area contributed by atoms with Crippen LogP contribution in [0.1, 0.15) is 40.4 Å². The van der Waals surface area contributed by atoms with E-state index in [9.17, 15) is 9.90 Å². The van der Waals surface area contributed by atoms with Gasteiger partial charge in [0.05, 0.1) is 11.8 Å². The molecule has 0 spiro atoms. The van der Waals surface area contributed by atoms with Gasteiger partial charge < -0.3 is 10.4 Å². The molecule has 102 valence electrons. The first kappa shape index (κ1) is 14.1. The Balaban J connectivity index is 1.92. The molecule has 2 heterocycles. The van der Waals surface area contributed by atoms with E-state index >= 15 is 0 Å². The van der Waals surface area contributed by atoms with Crippen LogP contribution in [0.25, 0.3) is 0 Å². The highest BCUT2D eigenvalue weighted by atomic mass is 32.1. The summed E-state index contributed by atoms with van der Waals surface area (Å²) in [5.41, 5.74) is 1.55. The number of thiophene rings is 1. The lowest BCUT2D eigenvalue weighted by atomic mass is 10.2. The van der Waals surface area contributed by atoms with Gasteiger partial charge in [-0.2, -0.15) is 11.3 Å². The number of rotatable bonds is 6. The van der Waals surface area contributed by atoms with Crippen LogP contribution in [0.15, 0.2) is 16.8 Å². The maximum absolute atomic E-state index is 12.0. The number of hydrogen-bond donors (Lipinski definition) is 2. The summed E-state index contributed by atoms with van der Waals surface area (Å²) in [6, 6.07) is 1.85. The molecule has 0 aliphatic heterocycles. The molecule has 2 aromatic heterocycles. The average molecular weight is 297 g/mol. The van der Waals surface area contributed by atoms with Crippen LogP contribution < -0.4 is 5.32 Å². The SMILES string of the molecule is CCCc1nnsc1C(=O)NCC(O)c1ccsc1. The van der Waals surface area contributed by atoms with E-state index in [2.05, 4.69) is 14.9 Å². The van der Waals surface area contributed by atoms with Gasteiger partial charge in [0.2, 0.25) is 0 Å². The van der Waals surface area contributed by atoms with Gasteiger partial charge in [0.25, 0.3) is 5.91 Å². The lowest BCUT2D eigenvalue weighted by Gasteiger charge is -2.10. The molecule has 1 atom stereocenters. The third kappa shape index (κ3) is 3.59. The Morgan fingerprint density at radius 1 is 1.58 bits per heavy atom. The number of hydrogen-bond acceptors (Lipinski definition) is 6. The molecule has 1 unspecified atom stereocenters. The second-order valence-corrected chi connectivity index (χ2v) is 5.62. The van der Waals surface area contributed by atoms with Crippen molar-refractivity contribution < 1.29 is 9.90 Å². The summed E-state index contributed by atoms with van der Waals surface area (Å²) in [4.78, 5) is 12.5. The first-order valence-electron chi connectivity index (χ1n) is 6.02. The molecule has 0 saturated carbocycles. The van der Waals surface area contributed by atoms with Gasteiger partial charge >= 0.3 is 0 Å². The number of nitrogens with one attached hydrogen (secondary N) is 1. The van der Waals surface area contributed by atoms with E-state index in [0.717, 1.165) is 35.6 Å². The molecule has 0 bridgehead atoms. The summed E-state index contributed by atoms with van der Waals surface area (Å²) in [6.07, 6.45) is 0.987. The minimum absolute atomic E-state index is 0.193. The molecule has 0 aliphatic rings. The van der Waals surface area contributed by atoms with Crippen LogP contribution in [-0.4, -0.2) is 27.1 Å². The Bertz CT molecular complexity index is 525. The van der Waals surface area contributed by atoms with Crippen LogP contribution in [0.4, 0.5) is 0 Å². The largest absolute Gasteiger partial charge is 0.387 e. The fraction of sp³-hybridized carbons (Fsp3) is 0.417. The monoisotopic (exact) mass is 297 g/mol. The van der Waals surface area contributed by atoms with Crippen LogP contribution in [0.2, 0.25) is 0 Å². The summed E-state index contributed by atoms with van der Waals surface area (Å²) in [5.74, 6) is -0.215. The molecule has 0 aliphatic carbocycles. The Kier molecular flexibility index (Phi) is 5.00. The third-order valence-electron chi connectivity index (χ3n) is 2.63. The fourth-order valence-electron chi connectivity index (χ4n) is 1.63. The number of aryl methyl sites for hydroxylation is 1. The number of carbonyl (C=O) groups excluding carboxylic acids is 1. The third-order valence-corrected chi connectivity index (χ3v) is 4.10. The van der Waals surface area contributed by atoms with E-state index in [4.69, 9.17) is 0 Å². The second-order valence-electron chi connectivity index (χ2n) is 4.08. The van der Waals surface area contributed by atoms with E-state index in [-0.39, 0.29) is 12.5 Å². The Hall–Kier alpha value is -1.31. The Morgan fingerprint density at radius 3 is 3.11 bits per heavy atom. The smallest absolute Gasteiger partial charge is 0.265 e. The van der Waals surface area contributed by atoms with Crippen molar-refractivity contribution in [2.24, 2.45) is 0 Å². The van der Waals surface area contributed by atoms with E-state index in [1.165, 1.54) is 11.3 Å². The number of aliphatic hydroxyl groups is 1. The second kappa shape index (κ2) is 6.74. The van der Waals surface area contributed by atoms with Crippen LogP contribution in [0, 0.1) is 0 Å². The maximum Gasteiger partial charge on any atom is 0.265 e. The zero-order valence-electron chi connectivity index (χ0n) is 10.5. The van der Waals surface area contributed by atoms with Gasteiger partial charge in [-0.15, -0.1) is 5.10 Å². The number of aromatic nitrogens is 2. The van der Waals surface area contributed by atoms with Crippen molar-refractivity contribution >= 4 is 28.8 Å². The van der Waals surface area contributed by atoms with Crippen LogP contribution in [0.3, 0.4) is 0 Å². The van der Waals surface area contributed by atoms with Gasteiger partial charge in [-0.3, -0.25) is 4.79 Å². The zero-order chi connectivity index (χ0) is 13.7. The van der Waals surface area contributed by atoms with Crippen molar-refractivity contribution in [1.29, 1.82) is 0 Å². The van der Waals surface area contributed by atoms with Gasteiger partial charge in [0.1, 0.15) is 4.88 Å². The molecule has 0 aromatic carbocycles. The van der Waals surface area contributed by atoms with E-state index < -0.39 is 6.10 Å². The Morgan fingerprint density at radius 2 is 2.42 bits per heavy atom. The van der Waals surface area contributed by atoms with Gasteiger partial charge in [-0.25, -0.2) is 0 Å². The average Bonchev–Trinajstić information content (AvgIpc) is 3.06. The van der Waals surface area contributed by atoms with Crippen molar-refractivity contribution in [2.75, 3.05) is 6.54 Å². The normalized spacial score (nSPS) is 12.3. The lowest BCUT2D eigenvalue weighted by molar-refractivity contribution is 0.0919. The van der Waals surface area contributed by atoms with Crippen molar-refractivity contribution in [3.05, 3.63) is 33.0 Å². The quantitative estimate of drug-likeness (QED) is 0.855. The van der Waals surface area contributed by atoms with E-state index in [1.807, 2.05) is 23.8 Å². The summed E-state index contributed by atoms with van der Waals surface area (Å²) < 4.78 is 3.81. The fourth-order valence-corrected chi connectivity index (χ4v) is 2.96. The summed E-state index contributed by atoms with van der Waals surface area (Å²) in [7, 11) is 0. The molecular weight excluding hydrogens is 282 g/mol. The molecule has 0 radical (unpaired) electrons. The van der Waals surface area contributed by atoms with E-state index in [1.54, 1.807) is 0 Å². The standard InChI is InChI=1S/C12H15N3O2S2/c1-2-3-9-11(19-15-14-9)12(17)13-6-10(16)8-4-5-18-7-8/h4-5,7,10,16H,2-3,6H2,1H3,(H,13,17). The molecular formula is C12H15N3O2S2. The van der Waals surface area contributed by atoms with Crippen molar-refractivity contribution in [3.8, 4) is 0 Å². The molecule has 1 amide bonds. The van der Waals surface area contributed by atoms with Crippen molar-refractivity contribution in [3.63, 3.8) is 0 Å². The van der Waals surface area contributed by atoms with Gasteiger partial charge in [-0.05, 0) is 40.3 Å². The van der Waals surface area contributed by atoms with Gasteiger partial charge in [0, 0.05) is 6.54 Å². The number of amides is 1.